The van der Waals surface area contributed by atoms with Gasteiger partial charge in [-0.15, -0.1) is 0 Å². The Labute approximate surface area is 186 Å². The number of urea groups is 1. The number of aryl methyl sites for hydroxylation is 1. The zero-order valence-corrected chi connectivity index (χ0v) is 17.3. The van der Waals surface area contributed by atoms with Crippen LogP contribution in [0.4, 0.5) is 16.2 Å². The van der Waals surface area contributed by atoms with Crippen molar-refractivity contribution in [1.29, 1.82) is 0 Å². The normalized spacial score (nSPS) is 15.2. The van der Waals surface area contributed by atoms with Gasteiger partial charge in [0.25, 0.3) is 17.5 Å². The topological polar surface area (TPSA) is 123 Å². The van der Waals surface area contributed by atoms with Crippen LogP contribution in [0.1, 0.15) is 11.3 Å². The summed E-state index contributed by atoms with van der Waals surface area (Å²) in [7, 11) is 0. The van der Waals surface area contributed by atoms with Crippen LogP contribution in [0, 0.1) is 17.0 Å². The number of nitro benzene ring substituents is 1. The van der Waals surface area contributed by atoms with Crippen LogP contribution < -0.4 is 10.2 Å². The summed E-state index contributed by atoms with van der Waals surface area (Å²) < 4.78 is 5.66. The fourth-order valence-electron chi connectivity index (χ4n) is 3.22. The number of anilines is 1. The maximum Gasteiger partial charge on any atom is 0.335 e. The van der Waals surface area contributed by atoms with Gasteiger partial charge in [-0.2, -0.15) is 0 Å². The van der Waals surface area contributed by atoms with Crippen LogP contribution in [0.5, 0.6) is 0 Å². The zero-order chi connectivity index (χ0) is 23.0. The van der Waals surface area contributed by atoms with Crippen LogP contribution in [-0.2, 0) is 9.59 Å². The summed E-state index contributed by atoms with van der Waals surface area (Å²) in [4.78, 5) is 49.0. The first-order valence-electron chi connectivity index (χ1n) is 9.27. The van der Waals surface area contributed by atoms with E-state index in [9.17, 15) is 24.5 Å². The number of furan rings is 1. The van der Waals surface area contributed by atoms with Gasteiger partial charge in [0.2, 0.25) is 0 Å². The summed E-state index contributed by atoms with van der Waals surface area (Å²) in [5, 5.41) is 13.2. The number of hydrogen-bond donors (Lipinski definition) is 1. The Kier molecular flexibility index (Phi) is 5.33. The van der Waals surface area contributed by atoms with Crippen LogP contribution in [0.15, 0.2) is 64.6 Å². The first-order chi connectivity index (χ1) is 15.3. The van der Waals surface area contributed by atoms with Gasteiger partial charge < -0.3 is 4.42 Å². The molecule has 3 aromatic rings. The van der Waals surface area contributed by atoms with E-state index in [4.69, 9.17) is 16.0 Å². The molecule has 32 heavy (non-hydrogen) atoms. The minimum Gasteiger partial charge on any atom is -0.457 e. The minimum atomic E-state index is -0.857. The number of amides is 4. The Balaban J connectivity index is 1.69. The Bertz CT molecular complexity index is 1330. The summed E-state index contributed by atoms with van der Waals surface area (Å²) in [5.74, 6) is -1.24. The molecule has 1 aliphatic rings. The number of nitrogens with zero attached hydrogens (tertiary/aromatic N) is 2. The average Bonchev–Trinajstić information content (AvgIpc) is 3.21. The fraction of sp³-hybridized carbons (Fsp3) is 0.0455. The number of benzene rings is 2. The van der Waals surface area contributed by atoms with Crippen LogP contribution in [-0.4, -0.2) is 22.8 Å². The van der Waals surface area contributed by atoms with Crippen molar-refractivity contribution in [3.05, 3.63) is 86.6 Å². The second-order valence-corrected chi connectivity index (χ2v) is 7.28. The predicted molar refractivity (Wildman–Crippen MR) is 116 cm³/mol. The van der Waals surface area contributed by atoms with Crippen LogP contribution in [0.2, 0.25) is 5.02 Å². The smallest absolute Gasteiger partial charge is 0.335 e. The molecule has 0 aliphatic carbocycles. The van der Waals surface area contributed by atoms with E-state index in [0.29, 0.717) is 16.8 Å². The third-order valence-corrected chi connectivity index (χ3v) is 5.12. The highest BCUT2D eigenvalue weighted by Gasteiger charge is 2.37. The Morgan fingerprint density at radius 1 is 1.09 bits per heavy atom. The van der Waals surface area contributed by atoms with E-state index >= 15 is 0 Å². The second kappa shape index (κ2) is 8.12. The molecule has 2 heterocycles. The molecule has 9 nitrogen and oxygen atoms in total. The number of halogens is 1. The van der Waals surface area contributed by atoms with Crippen molar-refractivity contribution in [1.82, 2.24) is 5.32 Å². The lowest BCUT2D eigenvalue weighted by Crippen LogP contribution is -2.54. The van der Waals surface area contributed by atoms with Crippen molar-refractivity contribution < 1.29 is 23.7 Å². The van der Waals surface area contributed by atoms with Gasteiger partial charge in [-0.3, -0.25) is 25.0 Å². The average molecular weight is 452 g/mol. The third-order valence-electron chi connectivity index (χ3n) is 4.80. The van der Waals surface area contributed by atoms with Crippen LogP contribution >= 0.6 is 11.6 Å². The molecule has 0 saturated carbocycles. The molecule has 1 aliphatic heterocycles. The molecular formula is C22H14ClN3O6. The zero-order valence-electron chi connectivity index (χ0n) is 16.5. The van der Waals surface area contributed by atoms with Gasteiger partial charge in [0, 0.05) is 11.6 Å². The number of carbonyl (C=O) groups excluding carboxylic acids is 3. The largest absolute Gasteiger partial charge is 0.457 e. The molecule has 4 amide bonds. The Morgan fingerprint density at radius 3 is 2.56 bits per heavy atom. The lowest BCUT2D eigenvalue weighted by Gasteiger charge is -2.27. The van der Waals surface area contributed by atoms with E-state index in [0.717, 1.165) is 4.90 Å². The summed E-state index contributed by atoms with van der Waals surface area (Å²) in [6.07, 6.45) is 1.21. The summed E-state index contributed by atoms with van der Waals surface area (Å²) >= 11 is 5.84. The molecule has 0 radical (unpaired) electrons. The van der Waals surface area contributed by atoms with E-state index in [1.807, 2.05) is 0 Å². The van der Waals surface area contributed by atoms with E-state index in [1.54, 1.807) is 37.3 Å². The number of barbiturate groups is 1. The summed E-state index contributed by atoms with van der Waals surface area (Å²) in [6.45, 7) is 1.74. The molecule has 4 rings (SSSR count). The molecule has 1 N–H and O–H groups in total. The van der Waals surface area contributed by atoms with Crippen molar-refractivity contribution in [2.75, 3.05) is 4.90 Å². The first kappa shape index (κ1) is 21.0. The van der Waals surface area contributed by atoms with Crippen LogP contribution in [0.3, 0.4) is 0 Å². The lowest BCUT2D eigenvalue weighted by molar-refractivity contribution is -0.384. The quantitative estimate of drug-likeness (QED) is 0.270. The predicted octanol–water partition coefficient (Wildman–Crippen LogP) is 4.48. The number of nitro groups is 1. The van der Waals surface area contributed by atoms with Crippen molar-refractivity contribution >= 4 is 46.9 Å². The Hall–Kier alpha value is -4.24. The Morgan fingerprint density at radius 2 is 1.84 bits per heavy atom. The van der Waals surface area contributed by atoms with E-state index in [2.05, 4.69) is 5.32 Å². The lowest BCUT2D eigenvalue weighted by atomic mass is 10.1. The highest BCUT2D eigenvalue weighted by atomic mass is 35.5. The number of imide groups is 2. The SMILES string of the molecule is Cc1ccccc1N1C(=O)NC(=O)/C(=C/c2ccc(-c3ccc(Cl)c([N+](=O)[O-])c3)o2)C1=O. The molecule has 1 saturated heterocycles. The maximum absolute atomic E-state index is 13.0. The van der Waals surface area contributed by atoms with Gasteiger partial charge in [0.15, 0.2) is 0 Å². The van der Waals surface area contributed by atoms with E-state index in [-0.39, 0.29) is 27.8 Å². The van der Waals surface area contributed by atoms with Crippen molar-refractivity contribution in [3.63, 3.8) is 0 Å². The summed E-state index contributed by atoms with van der Waals surface area (Å²) in [6, 6.07) is 13.1. The molecule has 10 heteroatoms. The fourth-order valence-corrected chi connectivity index (χ4v) is 3.41. The second-order valence-electron chi connectivity index (χ2n) is 6.87. The maximum atomic E-state index is 13.0. The molecule has 1 fully saturated rings. The van der Waals surface area contributed by atoms with Crippen molar-refractivity contribution in [3.8, 4) is 11.3 Å². The van der Waals surface area contributed by atoms with Gasteiger partial charge in [0.1, 0.15) is 22.1 Å². The number of hydrogen-bond acceptors (Lipinski definition) is 6. The van der Waals surface area contributed by atoms with Crippen molar-refractivity contribution in [2.24, 2.45) is 0 Å². The van der Waals surface area contributed by atoms with Gasteiger partial charge in [-0.05, 0) is 48.9 Å². The molecule has 0 unspecified atom stereocenters. The van der Waals surface area contributed by atoms with Gasteiger partial charge in [-0.25, -0.2) is 9.69 Å². The highest BCUT2D eigenvalue weighted by Crippen LogP contribution is 2.32. The van der Waals surface area contributed by atoms with E-state index < -0.39 is 22.8 Å². The standard InChI is InChI=1S/C22H14ClN3O6/c1-12-4-2-3-5-17(12)25-21(28)15(20(27)24-22(25)29)11-14-7-9-19(32-14)13-6-8-16(23)18(10-13)26(30)31/h2-11H,1H3,(H,24,27,29)/b15-11-. The van der Waals surface area contributed by atoms with Crippen molar-refractivity contribution in [2.45, 2.75) is 6.92 Å². The molecule has 0 spiro atoms. The minimum absolute atomic E-state index is 0.0157. The molecule has 2 aromatic carbocycles. The van der Waals surface area contributed by atoms with Gasteiger partial charge in [-0.1, -0.05) is 29.8 Å². The highest BCUT2D eigenvalue weighted by molar-refractivity contribution is 6.39. The molecular weight excluding hydrogens is 438 g/mol. The molecule has 1 aromatic heterocycles. The molecule has 0 bridgehead atoms. The number of para-hydroxylation sites is 1. The van der Waals surface area contributed by atoms with E-state index in [1.165, 1.54) is 30.3 Å². The van der Waals surface area contributed by atoms with Gasteiger partial charge in [0.05, 0.1) is 10.6 Å². The van der Waals surface area contributed by atoms with Gasteiger partial charge >= 0.3 is 6.03 Å². The molecule has 0 atom stereocenters. The first-order valence-corrected chi connectivity index (χ1v) is 9.65. The number of nitrogens with one attached hydrogen (secondary N) is 1. The summed E-state index contributed by atoms with van der Waals surface area (Å²) in [5.41, 5.74) is 0.837. The number of rotatable bonds is 4. The van der Waals surface area contributed by atoms with Crippen LogP contribution in [0.25, 0.3) is 17.4 Å². The molecule has 160 valence electrons. The number of carbonyl (C=O) groups is 3. The third kappa shape index (κ3) is 3.77. The monoisotopic (exact) mass is 451 g/mol.